The molecule has 1 heterocycles. The molecule has 15 heavy (non-hydrogen) atoms. The van der Waals surface area contributed by atoms with Crippen molar-refractivity contribution in [2.24, 2.45) is 0 Å². The van der Waals surface area contributed by atoms with Gasteiger partial charge in [-0.3, -0.25) is 4.90 Å². The average molecular weight is 205 g/mol. The zero-order valence-electron chi connectivity index (χ0n) is 9.32. The predicted molar refractivity (Wildman–Crippen MR) is 61.7 cm³/mol. The second kappa shape index (κ2) is 4.77. The number of aryl methyl sites for hydroxylation is 1. The first kappa shape index (κ1) is 10.7. The van der Waals surface area contributed by atoms with Crippen LogP contribution in [-0.2, 0) is 6.54 Å². The number of rotatable bonds is 3. The number of hydrogen-bond acceptors (Lipinski definition) is 2. The summed E-state index contributed by atoms with van der Waals surface area (Å²) in [6.45, 7) is 4.52. The molecule has 1 aromatic carbocycles. The monoisotopic (exact) mass is 205 g/mol. The van der Waals surface area contributed by atoms with Crippen molar-refractivity contribution in [1.29, 1.82) is 0 Å². The lowest BCUT2D eigenvalue weighted by molar-refractivity contribution is 0.153. The molecule has 0 bridgehead atoms. The Balaban J connectivity index is 2.02. The van der Waals surface area contributed by atoms with Gasteiger partial charge in [-0.1, -0.05) is 29.8 Å². The summed E-state index contributed by atoms with van der Waals surface area (Å²) in [6.07, 6.45) is 2.36. The molecule has 1 aliphatic rings. The summed E-state index contributed by atoms with van der Waals surface area (Å²) in [7, 11) is 0. The van der Waals surface area contributed by atoms with Crippen LogP contribution in [0.1, 0.15) is 24.0 Å². The molecule has 2 heteroatoms. The zero-order valence-corrected chi connectivity index (χ0v) is 9.32. The van der Waals surface area contributed by atoms with Crippen molar-refractivity contribution >= 4 is 0 Å². The molecule has 2 rings (SSSR count). The van der Waals surface area contributed by atoms with Crippen LogP contribution in [-0.4, -0.2) is 29.2 Å². The van der Waals surface area contributed by atoms with E-state index in [0.717, 1.165) is 19.5 Å². The summed E-state index contributed by atoms with van der Waals surface area (Å²) < 4.78 is 0. The zero-order chi connectivity index (χ0) is 10.7. The maximum atomic E-state index is 9.23. The van der Waals surface area contributed by atoms with Gasteiger partial charge in [0.1, 0.15) is 0 Å². The average Bonchev–Trinajstić information content (AvgIpc) is 2.65. The highest BCUT2D eigenvalue weighted by Gasteiger charge is 2.23. The van der Waals surface area contributed by atoms with Gasteiger partial charge in [0.2, 0.25) is 0 Å². The highest BCUT2D eigenvalue weighted by atomic mass is 16.3. The van der Waals surface area contributed by atoms with Gasteiger partial charge in [0.25, 0.3) is 0 Å². The van der Waals surface area contributed by atoms with E-state index in [0.29, 0.717) is 12.6 Å². The number of aliphatic hydroxyl groups excluding tert-OH is 1. The molecular formula is C13H19NO. The predicted octanol–water partition coefficient (Wildman–Crippen LogP) is 1.95. The summed E-state index contributed by atoms with van der Waals surface area (Å²) in [5.74, 6) is 0. The van der Waals surface area contributed by atoms with Crippen molar-refractivity contribution in [2.45, 2.75) is 32.4 Å². The quantitative estimate of drug-likeness (QED) is 0.815. The topological polar surface area (TPSA) is 23.5 Å². The van der Waals surface area contributed by atoms with Crippen LogP contribution < -0.4 is 0 Å². The maximum absolute atomic E-state index is 9.23. The molecule has 0 amide bonds. The highest BCUT2D eigenvalue weighted by molar-refractivity contribution is 5.22. The molecule has 0 spiro atoms. The van der Waals surface area contributed by atoms with Crippen LogP contribution in [0.3, 0.4) is 0 Å². The van der Waals surface area contributed by atoms with Gasteiger partial charge in [0.15, 0.2) is 0 Å². The summed E-state index contributed by atoms with van der Waals surface area (Å²) in [5, 5.41) is 9.23. The minimum Gasteiger partial charge on any atom is -0.395 e. The van der Waals surface area contributed by atoms with Crippen molar-refractivity contribution in [3.8, 4) is 0 Å². The Morgan fingerprint density at radius 3 is 3.07 bits per heavy atom. The van der Waals surface area contributed by atoms with Crippen molar-refractivity contribution in [2.75, 3.05) is 13.2 Å². The molecule has 1 fully saturated rings. The van der Waals surface area contributed by atoms with Gasteiger partial charge in [-0.05, 0) is 31.9 Å². The van der Waals surface area contributed by atoms with E-state index in [-0.39, 0.29) is 0 Å². The standard InChI is InChI=1S/C13H19NO/c1-11-4-2-5-12(8-11)9-14-7-3-6-13(14)10-15/h2,4-5,8,13,15H,3,6-7,9-10H2,1H3/t13-/m1/s1. The number of hydrogen-bond donors (Lipinski definition) is 1. The van der Waals surface area contributed by atoms with Gasteiger partial charge < -0.3 is 5.11 Å². The molecule has 0 radical (unpaired) electrons. The summed E-state index contributed by atoms with van der Waals surface area (Å²) in [6, 6.07) is 9.00. The smallest absolute Gasteiger partial charge is 0.0587 e. The molecule has 0 saturated carbocycles. The van der Waals surface area contributed by atoms with Crippen LogP contribution in [0, 0.1) is 6.92 Å². The van der Waals surface area contributed by atoms with E-state index in [1.165, 1.54) is 17.5 Å². The van der Waals surface area contributed by atoms with E-state index in [1.54, 1.807) is 0 Å². The largest absolute Gasteiger partial charge is 0.395 e. The van der Waals surface area contributed by atoms with Gasteiger partial charge in [-0.25, -0.2) is 0 Å². The fourth-order valence-electron chi connectivity index (χ4n) is 2.36. The molecule has 2 nitrogen and oxygen atoms in total. The van der Waals surface area contributed by atoms with Crippen LogP contribution in [0.5, 0.6) is 0 Å². The van der Waals surface area contributed by atoms with Gasteiger partial charge in [-0.15, -0.1) is 0 Å². The fraction of sp³-hybridized carbons (Fsp3) is 0.538. The Kier molecular flexibility index (Phi) is 3.39. The highest BCUT2D eigenvalue weighted by Crippen LogP contribution is 2.19. The summed E-state index contributed by atoms with van der Waals surface area (Å²) >= 11 is 0. The third-order valence-electron chi connectivity index (χ3n) is 3.18. The van der Waals surface area contributed by atoms with E-state index in [1.807, 2.05) is 0 Å². The first-order chi connectivity index (χ1) is 7.29. The van der Waals surface area contributed by atoms with Crippen molar-refractivity contribution in [3.63, 3.8) is 0 Å². The van der Waals surface area contributed by atoms with E-state index in [4.69, 9.17) is 0 Å². The van der Waals surface area contributed by atoms with E-state index < -0.39 is 0 Å². The Hall–Kier alpha value is -0.860. The minimum absolute atomic E-state index is 0.297. The number of benzene rings is 1. The van der Waals surface area contributed by atoms with Gasteiger partial charge in [0.05, 0.1) is 6.61 Å². The lowest BCUT2D eigenvalue weighted by Gasteiger charge is -2.22. The van der Waals surface area contributed by atoms with E-state index in [2.05, 4.69) is 36.1 Å². The molecule has 1 saturated heterocycles. The SMILES string of the molecule is Cc1cccc(CN2CCC[C@@H]2CO)c1. The second-order valence-electron chi connectivity index (χ2n) is 4.44. The maximum Gasteiger partial charge on any atom is 0.0587 e. The van der Waals surface area contributed by atoms with Gasteiger partial charge >= 0.3 is 0 Å². The molecule has 1 aromatic rings. The minimum atomic E-state index is 0.297. The third kappa shape index (κ3) is 2.58. The summed E-state index contributed by atoms with van der Waals surface area (Å²) in [4.78, 5) is 2.38. The molecule has 82 valence electrons. The van der Waals surface area contributed by atoms with E-state index >= 15 is 0 Å². The molecule has 1 aliphatic heterocycles. The Labute approximate surface area is 91.5 Å². The molecular weight excluding hydrogens is 186 g/mol. The van der Waals surface area contributed by atoms with Crippen molar-refractivity contribution in [3.05, 3.63) is 35.4 Å². The second-order valence-corrected chi connectivity index (χ2v) is 4.44. The van der Waals surface area contributed by atoms with Crippen LogP contribution >= 0.6 is 0 Å². The first-order valence-corrected chi connectivity index (χ1v) is 5.70. The molecule has 1 N–H and O–H groups in total. The Morgan fingerprint density at radius 1 is 1.47 bits per heavy atom. The molecule has 0 aromatic heterocycles. The Morgan fingerprint density at radius 2 is 2.33 bits per heavy atom. The number of likely N-dealkylation sites (tertiary alicyclic amines) is 1. The lowest BCUT2D eigenvalue weighted by Crippen LogP contribution is -2.31. The van der Waals surface area contributed by atoms with Crippen LogP contribution in [0.15, 0.2) is 24.3 Å². The molecule has 0 aliphatic carbocycles. The first-order valence-electron chi connectivity index (χ1n) is 5.70. The van der Waals surface area contributed by atoms with Crippen LogP contribution in [0.25, 0.3) is 0 Å². The van der Waals surface area contributed by atoms with Gasteiger partial charge in [0, 0.05) is 12.6 Å². The number of nitrogens with zero attached hydrogens (tertiary/aromatic N) is 1. The third-order valence-corrected chi connectivity index (χ3v) is 3.18. The van der Waals surface area contributed by atoms with E-state index in [9.17, 15) is 5.11 Å². The van der Waals surface area contributed by atoms with Crippen molar-refractivity contribution in [1.82, 2.24) is 4.90 Å². The number of aliphatic hydroxyl groups is 1. The molecule has 1 atom stereocenters. The molecule has 0 unspecified atom stereocenters. The summed E-state index contributed by atoms with van der Waals surface area (Å²) in [5.41, 5.74) is 2.67. The van der Waals surface area contributed by atoms with Gasteiger partial charge in [-0.2, -0.15) is 0 Å². The van der Waals surface area contributed by atoms with Crippen LogP contribution in [0.4, 0.5) is 0 Å². The van der Waals surface area contributed by atoms with Crippen LogP contribution in [0.2, 0.25) is 0 Å². The lowest BCUT2D eigenvalue weighted by atomic mass is 10.1. The van der Waals surface area contributed by atoms with Crippen molar-refractivity contribution < 1.29 is 5.11 Å². The fourth-order valence-corrected chi connectivity index (χ4v) is 2.36. The normalized spacial score (nSPS) is 22.1. The Bertz CT molecular complexity index is 324.